The third-order valence-corrected chi connectivity index (χ3v) is 6.61. The average Bonchev–Trinajstić information content (AvgIpc) is 3.24. The molecule has 36 heavy (non-hydrogen) atoms. The molecule has 0 unspecified atom stereocenters. The molecule has 1 amide bonds. The molecule has 1 aliphatic carbocycles. The Kier molecular flexibility index (Phi) is 8.10. The molecule has 0 spiro atoms. The molecule has 10 heteroatoms. The summed E-state index contributed by atoms with van der Waals surface area (Å²) in [6.07, 6.45) is 2.04. The van der Waals surface area contributed by atoms with E-state index in [1.54, 1.807) is 20.0 Å². The zero-order chi connectivity index (χ0) is 25.7. The number of benzene rings is 2. The number of carbonyl (C=O) groups is 2. The van der Waals surface area contributed by atoms with Crippen LogP contribution in [0, 0.1) is 5.92 Å². The number of nitrogens with zero attached hydrogens (tertiary/aromatic N) is 3. The highest BCUT2D eigenvalue weighted by Gasteiger charge is 2.29. The first-order valence-corrected chi connectivity index (χ1v) is 12.2. The van der Waals surface area contributed by atoms with Crippen LogP contribution in [-0.4, -0.2) is 40.3 Å². The molecule has 4 rings (SSSR count). The summed E-state index contributed by atoms with van der Waals surface area (Å²) in [6.45, 7) is 1.75. The molecule has 1 heterocycles. The summed E-state index contributed by atoms with van der Waals surface area (Å²) in [5.74, 6) is 0.789. The third kappa shape index (κ3) is 5.96. The van der Waals surface area contributed by atoms with Gasteiger partial charge in [-0.2, -0.15) is 0 Å². The molecule has 3 atom stereocenters. The Morgan fingerprint density at radius 3 is 2.61 bits per heavy atom. The molecule has 0 bridgehead atoms. The fourth-order valence-corrected chi connectivity index (χ4v) is 4.65. The Balaban J connectivity index is 1.41. The molecule has 0 saturated heterocycles. The fraction of sp³-hybridized carbons (Fsp3) is 0.385. The molecule has 1 N–H and O–H groups in total. The van der Waals surface area contributed by atoms with Gasteiger partial charge in [0.15, 0.2) is 5.82 Å². The number of hydrogen-bond acceptors (Lipinski definition) is 7. The van der Waals surface area contributed by atoms with Crippen molar-refractivity contribution in [3.05, 3.63) is 59.1 Å². The lowest BCUT2D eigenvalue weighted by atomic mass is 9.87. The molecular weight excluding hydrogens is 484 g/mol. The maximum Gasteiger partial charge on any atom is 0.413 e. The largest absolute Gasteiger partial charge is 0.490 e. The van der Waals surface area contributed by atoms with Crippen LogP contribution in [0.2, 0.25) is 5.02 Å². The minimum atomic E-state index is -0.647. The number of nitrogens with one attached hydrogen (secondary N) is 1. The van der Waals surface area contributed by atoms with Crippen LogP contribution < -0.4 is 10.1 Å². The van der Waals surface area contributed by atoms with Gasteiger partial charge in [0.1, 0.15) is 17.5 Å². The zero-order valence-electron chi connectivity index (χ0n) is 20.4. The van der Waals surface area contributed by atoms with Crippen LogP contribution in [-0.2, 0) is 21.3 Å². The van der Waals surface area contributed by atoms with E-state index in [2.05, 4.69) is 15.6 Å². The number of carbonyl (C=O) groups excluding carboxylic acids is 2. The van der Waals surface area contributed by atoms with Crippen LogP contribution in [0.5, 0.6) is 5.75 Å². The van der Waals surface area contributed by atoms with Gasteiger partial charge in [0.2, 0.25) is 0 Å². The second kappa shape index (κ2) is 11.4. The standard InChI is InChI=1S/C26H29ClN4O5/c1-16(21-9-4-5-10-22(21)27)35-26(33)28-24-23(29-30-31(24)2)17-11-13-19(14-12-17)36-20-8-6-7-18(15-20)25(32)34-3/h4-5,9-14,16,18,20H,6-8,15H2,1-3H3,(H,28,33)/t16-,18+,20+/m1/s1. The SMILES string of the molecule is COC(=O)[C@H]1CCC[C@H](Oc2ccc(-c3nnn(C)c3NC(=O)O[C@H](C)c3ccccc3Cl)cc2)C1. The van der Waals surface area contributed by atoms with Crippen LogP contribution in [0.15, 0.2) is 48.5 Å². The second-order valence-electron chi connectivity index (χ2n) is 8.76. The lowest BCUT2D eigenvalue weighted by molar-refractivity contribution is -0.147. The van der Waals surface area contributed by atoms with Gasteiger partial charge in [0, 0.05) is 23.2 Å². The van der Waals surface area contributed by atoms with Crippen molar-refractivity contribution in [2.75, 3.05) is 12.4 Å². The van der Waals surface area contributed by atoms with Crippen LogP contribution >= 0.6 is 11.6 Å². The monoisotopic (exact) mass is 512 g/mol. The van der Waals surface area contributed by atoms with Crippen molar-refractivity contribution in [3.63, 3.8) is 0 Å². The Bertz CT molecular complexity index is 1210. The predicted molar refractivity (Wildman–Crippen MR) is 135 cm³/mol. The number of methoxy groups -OCH3 is 1. The maximum atomic E-state index is 12.6. The second-order valence-corrected chi connectivity index (χ2v) is 9.16. The van der Waals surface area contributed by atoms with E-state index in [9.17, 15) is 9.59 Å². The van der Waals surface area contributed by atoms with Crippen molar-refractivity contribution in [3.8, 4) is 17.0 Å². The number of aryl methyl sites for hydroxylation is 1. The highest BCUT2D eigenvalue weighted by molar-refractivity contribution is 6.31. The van der Waals surface area contributed by atoms with E-state index in [1.165, 1.54) is 11.8 Å². The van der Waals surface area contributed by atoms with Gasteiger partial charge in [-0.15, -0.1) is 5.10 Å². The quantitative estimate of drug-likeness (QED) is 0.413. The van der Waals surface area contributed by atoms with Crippen LogP contribution in [0.25, 0.3) is 11.3 Å². The summed E-state index contributed by atoms with van der Waals surface area (Å²) in [5.41, 5.74) is 1.96. The molecule has 0 aliphatic heterocycles. The molecule has 9 nitrogen and oxygen atoms in total. The molecule has 0 radical (unpaired) electrons. The van der Waals surface area contributed by atoms with E-state index in [0.29, 0.717) is 34.3 Å². The fourth-order valence-electron chi connectivity index (χ4n) is 4.36. The summed E-state index contributed by atoms with van der Waals surface area (Å²) in [6, 6.07) is 14.6. The smallest absolute Gasteiger partial charge is 0.413 e. The molecule has 1 aliphatic rings. The van der Waals surface area contributed by atoms with E-state index in [1.807, 2.05) is 42.5 Å². The first kappa shape index (κ1) is 25.5. The van der Waals surface area contributed by atoms with E-state index < -0.39 is 12.2 Å². The van der Waals surface area contributed by atoms with Crippen molar-refractivity contribution in [2.45, 2.75) is 44.8 Å². The highest BCUT2D eigenvalue weighted by atomic mass is 35.5. The van der Waals surface area contributed by atoms with Gasteiger partial charge in [-0.1, -0.05) is 35.0 Å². The summed E-state index contributed by atoms with van der Waals surface area (Å²) in [4.78, 5) is 24.5. The Morgan fingerprint density at radius 2 is 1.89 bits per heavy atom. The predicted octanol–water partition coefficient (Wildman–Crippen LogP) is 5.56. The first-order chi connectivity index (χ1) is 17.4. The average molecular weight is 513 g/mol. The van der Waals surface area contributed by atoms with Gasteiger partial charge in [0.05, 0.1) is 19.1 Å². The highest BCUT2D eigenvalue weighted by Crippen LogP contribution is 2.31. The van der Waals surface area contributed by atoms with E-state index in [4.69, 9.17) is 25.8 Å². The zero-order valence-corrected chi connectivity index (χ0v) is 21.2. The molecular formula is C26H29ClN4O5. The number of hydrogen-bond donors (Lipinski definition) is 1. The maximum absolute atomic E-state index is 12.6. The number of amides is 1. The number of rotatable bonds is 7. The lowest BCUT2D eigenvalue weighted by Crippen LogP contribution is -2.30. The van der Waals surface area contributed by atoms with Gasteiger partial charge < -0.3 is 14.2 Å². The van der Waals surface area contributed by atoms with Gasteiger partial charge in [-0.05, 0) is 62.9 Å². The Hall–Kier alpha value is -3.59. The van der Waals surface area contributed by atoms with Gasteiger partial charge in [-0.25, -0.2) is 9.48 Å². The van der Waals surface area contributed by atoms with Gasteiger partial charge in [0.25, 0.3) is 0 Å². The van der Waals surface area contributed by atoms with E-state index in [-0.39, 0.29) is 18.0 Å². The lowest BCUT2D eigenvalue weighted by Gasteiger charge is -2.28. The number of halogens is 1. The third-order valence-electron chi connectivity index (χ3n) is 6.27. The molecule has 190 valence electrons. The Morgan fingerprint density at radius 1 is 1.14 bits per heavy atom. The van der Waals surface area contributed by atoms with Crippen LogP contribution in [0.3, 0.4) is 0 Å². The number of esters is 1. The molecule has 3 aromatic rings. The summed E-state index contributed by atoms with van der Waals surface area (Å²) in [5, 5.41) is 11.5. The minimum Gasteiger partial charge on any atom is -0.490 e. The number of ether oxygens (including phenoxy) is 3. The van der Waals surface area contributed by atoms with Crippen molar-refractivity contribution in [1.82, 2.24) is 15.0 Å². The molecule has 2 aromatic carbocycles. The minimum absolute atomic E-state index is 0.0441. The van der Waals surface area contributed by atoms with Gasteiger partial charge >= 0.3 is 12.1 Å². The van der Waals surface area contributed by atoms with Crippen molar-refractivity contribution < 1.29 is 23.8 Å². The van der Waals surface area contributed by atoms with Crippen LogP contribution in [0.1, 0.15) is 44.3 Å². The number of aromatic nitrogens is 3. The summed E-state index contributed by atoms with van der Waals surface area (Å²) in [7, 11) is 3.10. The van der Waals surface area contributed by atoms with Crippen molar-refractivity contribution in [2.24, 2.45) is 13.0 Å². The number of anilines is 1. The van der Waals surface area contributed by atoms with Crippen LogP contribution in [0.4, 0.5) is 10.6 Å². The molecule has 1 aromatic heterocycles. The van der Waals surface area contributed by atoms with Crippen molar-refractivity contribution in [1.29, 1.82) is 0 Å². The normalized spacial score (nSPS) is 18.2. The summed E-state index contributed by atoms with van der Waals surface area (Å²) >= 11 is 6.21. The molecule has 1 saturated carbocycles. The van der Waals surface area contributed by atoms with E-state index >= 15 is 0 Å². The Labute approximate surface area is 214 Å². The summed E-state index contributed by atoms with van der Waals surface area (Å²) < 4.78 is 18.0. The van der Waals surface area contributed by atoms with E-state index in [0.717, 1.165) is 24.8 Å². The first-order valence-electron chi connectivity index (χ1n) is 11.8. The van der Waals surface area contributed by atoms with Gasteiger partial charge in [-0.3, -0.25) is 10.1 Å². The topological polar surface area (TPSA) is 105 Å². The molecule has 1 fully saturated rings. The van der Waals surface area contributed by atoms with Crippen molar-refractivity contribution >= 4 is 29.5 Å².